The van der Waals surface area contributed by atoms with Gasteiger partial charge in [0.15, 0.2) is 0 Å². The van der Waals surface area contributed by atoms with Gasteiger partial charge in [0.2, 0.25) is 0 Å². The van der Waals surface area contributed by atoms with Gasteiger partial charge in [-0.05, 0) is 24.8 Å². The van der Waals surface area contributed by atoms with Gasteiger partial charge in [-0.1, -0.05) is 19.8 Å². The Morgan fingerprint density at radius 3 is 3.00 bits per heavy atom. The highest BCUT2D eigenvalue weighted by atomic mass is 14.9. The highest BCUT2D eigenvalue weighted by molar-refractivity contribution is 5.64. The van der Waals surface area contributed by atoms with E-state index in [4.69, 9.17) is 5.73 Å². The number of anilines is 2. The molecule has 1 fully saturated rings. The first-order valence-corrected chi connectivity index (χ1v) is 5.75. The van der Waals surface area contributed by atoms with Crippen molar-refractivity contribution in [2.75, 3.05) is 11.1 Å². The predicted molar refractivity (Wildman–Crippen MR) is 63.7 cm³/mol. The van der Waals surface area contributed by atoms with E-state index in [-0.39, 0.29) is 0 Å². The van der Waals surface area contributed by atoms with E-state index in [1.54, 1.807) is 12.4 Å². The van der Waals surface area contributed by atoms with Crippen LogP contribution in [0.2, 0.25) is 0 Å². The van der Waals surface area contributed by atoms with Crippen LogP contribution in [0.4, 0.5) is 11.4 Å². The lowest BCUT2D eigenvalue weighted by Crippen LogP contribution is -2.19. The number of aromatic nitrogens is 1. The zero-order chi connectivity index (χ0) is 10.7. The van der Waals surface area contributed by atoms with Crippen LogP contribution in [0.5, 0.6) is 0 Å². The number of nitrogens with two attached hydrogens (primary N) is 1. The monoisotopic (exact) mass is 205 g/mol. The Bertz CT molecular complexity index is 320. The first-order chi connectivity index (χ1) is 7.29. The zero-order valence-electron chi connectivity index (χ0n) is 9.24. The molecule has 2 rings (SSSR count). The van der Waals surface area contributed by atoms with E-state index >= 15 is 0 Å². The van der Waals surface area contributed by atoms with Crippen LogP contribution < -0.4 is 11.1 Å². The van der Waals surface area contributed by atoms with Gasteiger partial charge in [-0.2, -0.15) is 0 Å². The van der Waals surface area contributed by atoms with E-state index in [0.717, 1.165) is 23.7 Å². The van der Waals surface area contributed by atoms with Gasteiger partial charge in [0.05, 0.1) is 17.6 Å². The van der Waals surface area contributed by atoms with Crippen molar-refractivity contribution in [1.82, 2.24) is 4.98 Å². The van der Waals surface area contributed by atoms with Crippen molar-refractivity contribution in [2.45, 2.75) is 38.6 Å². The second-order valence-corrected chi connectivity index (χ2v) is 4.39. The third-order valence-electron chi connectivity index (χ3n) is 3.02. The fourth-order valence-corrected chi connectivity index (χ4v) is 1.84. The molecule has 82 valence electrons. The quantitative estimate of drug-likeness (QED) is 0.777. The van der Waals surface area contributed by atoms with Crippen molar-refractivity contribution < 1.29 is 0 Å². The van der Waals surface area contributed by atoms with Gasteiger partial charge in [-0.3, -0.25) is 4.98 Å². The van der Waals surface area contributed by atoms with E-state index < -0.39 is 0 Å². The lowest BCUT2D eigenvalue weighted by atomic mass is 10.1. The van der Waals surface area contributed by atoms with Gasteiger partial charge in [0.25, 0.3) is 0 Å². The molecule has 1 aromatic rings. The lowest BCUT2D eigenvalue weighted by Gasteiger charge is -2.18. The molecule has 1 unspecified atom stereocenters. The van der Waals surface area contributed by atoms with Crippen LogP contribution in [0.15, 0.2) is 18.5 Å². The summed E-state index contributed by atoms with van der Waals surface area (Å²) >= 11 is 0. The molecule has 0 aromatic carbocycles. The summed E-state index contributed by atoms with van der Waals surface area (Å²) in [7, 11) is 0. The molecule has 1 aliphatic carbocycles. The second kappa shape index (κ2) is 4.51. The van der Waals surface area contributed by atoms with Gasteiger partial charge in [0.1, 0.15) is 0 Å². The van der Waals surface area contributed by atoms with E-state index in [9.17, 15) is 0 Å². The van der Waals surface area contributed by atoms with Gasteiger partial charge in [-0.25, -0.2) is 0 Å². The minimum atomic E-state index is 0.558. The maximum atomic E-state index is 5.84. The molecular formula is C12H19N3. The number of hydrogen-bond donors (Lipinski definition) is 2. The van der Waals surface area contributed by atoms with Crippen LogP contribution in [0.25, 0.3) is 0 Å². The Kier molecular flexibility index (Phi) is 3.09. The minimum Gasteiger partial charge on any atom is -0.396 e. The number of nitrogens with one attached hydrogen (secondary N) is 1. The zero-order valence-corrected chi connectivity index (χ0v) is 9.24. The molecule has 1 atom stereocenters. The van der Waals surface area contributed by atoms with E-state index in [1.165, 1.54) is 19.3 Å². The molecule has 0 bridgehead atoms. The summed E-state index contributed by atoms with van der Waals surface area (Å²) in [5, 5.41) is 3.50. The van der Waals surface area contributed by atoms with Gasteiger partial charge in [-0.15, -0.1) is 0 Å². The van der Waals surface area contributed by atoms with Crippen LogP contribution in [0.3, 0.4) is 0 Å². The summed E-state index contributed by atoms with van der Waals surface area (Å²) in [6, 6.07) is 2.51. The summed E-state index contributed by atoms with van der Waals surface area (Å²) in [5.41, 5.74) is 7.61. The normalized spacial score (nSPS) is 17.4. The molecule has 3 nitrogen and oxygen atoms in total. The third kappa shape index (κ3) is 2.85. The van der Waals surface area contributed by atoms with Crippen molar-refractivity contribution in [3.63, 3.8) is 0 Å². The Morgan fingerprint density at radius 1 is 1.60 bits per heavy atom. The van der Waals surface area contributed by atoms with Gasteiger partial charge in [0, 0.05) is 12.2 Å². The predicted octanol–water partition coefficient (Wildman–Crippen LogP) is 2.65. The van der Waals surface area contributed by atoms with Crippen LogP contribution in [-0.2, 0) is 0 Å². The Balaban J connectivity index is 1.95. The maximum absolute atomic E-state index is 5.84. The van der Waals surface area contributed by atoms with Crippen molar-refractivity contribution in [3.8, 4) is 0 Å². The van der Waals surface area contributed by atoms with Crippen LogP contribution in [-0.4, -0.2) is 11.0 Å². The Hall–Kier alpha value is -1.25. The summed E-state index contributed by atoms with van der Waals surface area (Å²) in [4.78, 5) is 3.99. The highest BCUT2D eigenvalue weighted by Gasteiger charge is 2.24. The van der Waals surface area contributed by atoms with Crippen molar-refractivity contribution in [2.24, 2.45) is 5.92 Å². The van der Waals surface area contributed by atoms with Crippen LogP contribution in [0, 0.1) is 5.92 Å². The fourth-order valence-electron chi connectivity index (χ4n) is 1.84. The average molecular weight is 205 g/mol. The Labute approximate surface area is 91.1 Å². The molecule has 0 radical (unpaired) electrons. The molecule has 0 spiro atoms. The van der Waals surface area contributed by atoms with Gasteiger partial charge < -0.3 is 11.1 Å². The molecule has 0 saturated heterocycles. The summed E-state index contributed by atoms with van der Waals surface area (Å²) in [5.74, 6) is 0.950. The number of hydrogen-bond acceptors (Lipinski definition) is 3. The number of rotatable bonds is 5. The Morgan fingerprint density at radius 2 is 2.40 bits per heavy atom. The molecule has 1 aromatic heterocycles. The topological polar surface area (TPSA) is 50.9 Å². The fraction of sp³-hybridized carbons (Fsp3) is 0.583. The maximum Gasteiger partial charge on any atom is 0.0736 e. The second-order valence-electron chi connectivity index (χ2n) is 4.39. The van der Waals surface area contributed by atoms with Crippen molar-refractivity contribution in [1.29, 1.82) is 0 Å². The lowest BCUT2D eigenvalue weighted by molar-refractivity contribution is 0.587. The number of nitrogens with zero attached hydrogens (tertiary/aromatic N) is 1. The smallest absolute Gasteiger partial charge is 0.0736 e. The standard InChI is InChI=1S/C12H19N3/c1-2-10(7-9-3-4-9)15-12-5-6-14-8-11(12)13/h5-6,8-10H,2-4,7,13H2,1H3,(H,14,15). The minimum absolute atomic E-state index is 0.558. The number of nitrogen functional groups attached to an aromatic ring is 1. The third-order valence-corrected chi connectivity index (χ3v) is 3.02. The molecule has 15 heavy (non-hydrogen) atoms. The molecule has 1 heterocycles. The molecule has 1 saturated carbocycles. The van der Waals surface area contributed by atoms with E-state index in [1.807, 2.05) is 6.07 Å². The molecule has 0 amide bonds. The molecule has 3 N–H and O–H groups in total. The molecule has 3 heteroatoms. The average Bonchev–Trinajstić information content (AvgIpc) is 3.04. The van der Waals surface area contributed by atoms with Crippen molar-refractivity contribution >= 4 is 11.4 Å². The molecule has 0 aliphatic heterocycles. The van der Waals surface area contributed by atoms with E-state index in [2.05, 4.69) is 17.2 Å². The highest BCUT2D eigenvalue weighted by Crippen LogP contribution is 2.35. The summed E-state index contributed by atoms with van der Waals surface area (Å²) < 4.78 is 0. The molecular weight excluding hydrogens is 186 g/mol. The SMILES string of the molecule is CCC(CC1CC1)Nc1ccncc1N. The van der Waals surface area contributed by atoms with E-state index in [0.29, 0.717) is 6.04 Å². The van der Waals surface area contributed by atoms with Crippen molar-refractivity contribution in [3.05, 3.63) is 18.5 Å². The first kappa shape index (κ1) is 10.3. The summed E-state index contributed by atoms with van der Waals surface area (Å²) in [6.45, 7) is 2.22. The van der Waals surface area contributed by atoms with Gasteiger partial charge >= 0.3 is 0 Å². The first-order valence-electron chi connectivity index (χ1n) is 5.75. The molecule has 1 aliphatic rings. The largest absolute Gasteiger partial charge is 0.396 e. The van der Waals surface area contributed by atoms with Crippen LogP contribution >= 0.6 is 0 Å². The summed E-state index contributed by atoms with van der Waals surface area (Å²) in [6.07, 6.45) is 8.72. The van der Waals surface area contributed by atoms with Crippen LogP contribution in [0.1, 0.15) is 32.6 Å². The number of pyridine rings is 1.